The summed E-state index contributed by atoms with van der Waals surface area (Å²) in [7, 11) is -3.29. The molecule has 1 atom stereocenters. The molecule has 1 fully saturated rings. The lowest BCUT2D eigenvalue weighted by molar-refractivity contribution is -0.125. The summed E-state index contributed by atoms with van der Waals surface area (Å²) in [5.41, 5.74) is 1.54. The Morgan fingerprint density at radius 3 is 2.46 bits per heavy atom. The van der Waals surface area contributed by atoms with Crippen LogP contribution in [-0.2, 0) is 14.6 Å². The van der Waals surface area contributed by atoms with Crippen LogP contribution in [0.25, 0.3) is 6.08 Å². The first-order valence-electron chi connectivity index (χ1n) is 8.45. The van der Waals surface area contributed by atoms with Gasteiger partial charge in [-0.3, -0.25) is 4.79 Å². The molecule has 2 aromatic rings. The molecule has 0 radical (unpaired) electrons. The van der Waals surface area contributed by atoms with Crippen LogP contribution >= 0.6 is 11.6 Å². The van der Waals surface area contributed by atoms with Gasteiger partial charge in [0.15, 0.2) is 9.84 Å². The van der Waals surface area contributed by atoms with Crippen LogP contribution in [0.1, 0.15) is 22.8 Å². The number of hydrogen-bond donors (Lipinski definition) is 0. The summed E-state index contributed by atoms with van der Waals surface area (Å²) in [6.45, 7) is 0.613. The topological polar surface area (TPSA) is 54.5 Å². The van der Waals surface area contributed by atoms with Crippen molar-refractivity contribution in [3.63, 3.8) is 0 Å². The summed E-state index contributed by atoms with van der Waals surface area (Å²) in [5, 5.41) is 0.00758. The fraction of sp³-hybridized carbons (Fsp3) is 0.250. The van der Waals surface area contributed by atoms with Gasteiger partial charge in [-0.05, 0) is 29.7 Å². The number of nitrogens with zero attached hydrogens (tertiary/aromatic N) is 1. The van der Waals surface area contributed by atoms with Gasteiger partial charge in [0.1, 0.15) is 0 Å². The Hall–Kier alpha value is -2.11. The van der Waals surface area contributed by atoms with Crippen LogP contribution in [-0.4, -0.2) is 38.1 Å². The minimum Gasteiger partial charge on any atom is -0.338 e. The van der Waals surface area contributed by atoms with Crippen molar-refractivity contribution in [3.05, 3.63) is 76.8 Å². The van der Waals surface area contributed by atoms with E-state index in [1.165, 1.54) is 6.08 Å². The number of carbonyl (C=O) groups excluding carboxylic acids is 1. The van der Waals surface area contributed by atoms with Crippen molar-refractivity contribution in [2.24, 2.45) is 0 Å². The van der Waals surface area contributed by atoms with E-state index in [1.807, 2.05) is 48.5 Å². The monoisotopic (exact) mass is 389 g/mol. The van der Waals surface area contributed by atoms with Crippen LogP contribution in [0.3, 0.4) is 0 Å². The normalized spacial score (nSPS) is 20.0. The summed E-state index contributed by atoms with van der Waals surface area (Å²) < 4.78 is 25.2. The van der Waals surface area contributed by atoms with Gasteiger partial charge in [-0.1, -0.05) is 60.1 Å². The highest BCUT2D eigenvalue weighted by atomic mass is 35.5. The largest absolute Gasteiger partial charge is 0.338 e. The minimum absolute atomic E-state index is 0.0295. The predicted molar refractivity (Wildman–Crippen MR) is 105 cm³/mol. The summed E-state index contributed by atoms with van der Waals surface area (Å²) in [5.74, 6) is -0.230. The van der Waals surface area contributed by atoms with E-state index in [0.717, 1.165) is 11.1 Å². The SMILES string of the molecule is O=C(/C=C/c1ccccc1Cl)N1CC[C@@H](c2ccccc2)S(=O)(=O)CC1. The number of sulfone groups is 1. The average molecular weight is 390 g/mol. The van der Waals surface area contributed by atoms with Crippen LogP contribution in [0.2, 0.25) is 5.02 Å². The highest BCUT2D eigenvalue weighted by Crippen LogP contribution is 2.29. The zero-order valence-electron chi connectivity index (χ0n) is 14.2. The highest BCUT2D eigenvalue weighted by Gasteiger charge is 2.32. The van der Waals surface area contributed by atoms with Crippen LogP contribution in [0.5, 0.6) is 0 Å². The number of halogens is 1. The molecule has 0 unspecified atom stereocenters. The molecule has 0 bridgehead atoms. The van der Waals surface area contributed by atoms with Crippen LogP contribution < -0.4 is 0 Å². The fourth-order valence-corrected chi connectivity index (χ4v) is 5.08. The second kappa shape index (κ2) is 8.06. The molecule has 1 aliphatic rings. The van der Waals surface area contributed by atoms with E-state index in [9.17, 15) is 13.2 Å². The van der Waals surface area contributed by atoms with E-state index < -0.39 is 15.1 Å². The molecule has 3 rings (SSSR count). The summed E-state index contributed by atoms with van der Waals surface area (Å²) in [4.78, 5) is 14.1. The third-order valence-electron chi connectivity index (χ3n) is 4.53. The van der Waals surface area contributed by atoms with E-state index in [1.54, 1.807) is 17.0 Å². The smallest absolute Gasteiger partial charge is 0.246 e. The number of benzene rings is 2. The van der Waals surface area contributed by atoms with E-state index in [-0.39, 0.29) is 18.2 Å². The minimum atomic E-state index is -3.29. The summed E-state index contributed by atoms with van der Waals surface area (Å²) in [6.07, 6.45) is 3.52. The Morgan fingerprint density at radius 1 is 1.04 bits per heavy atom. The maximum Gasteiger partial charge on any atom is 0.246 e. The molecule has 1 amide bonds. The lowest BCUT2D eigenvalue weighted by atomic mass is 10.1. The van der Waals surface area contributed by atoms with Crippen molar-refractivity contribution in [1.29, 1.82) is 0 Å². The zero-order valence-corrected chi connectivity index (χ0v) is 15.8. The second-order valence-corrected chi connectivity index (χ2v) is 8.95. The number of hydrogen-bond acceptors (Lipinski definition) is 3. The predicted octanol–water partition coefficient (Wildman–Crippen LogP) is 3.74. The molecule has 1 heterocycles. The van der Waals surface area contributed by atoms with Crippen molar-refractivity contribution in [3.8, 4) is 0 Å². The van der Waals surface area contributed by atoms with Gasteiger partial charge in [-0.15, -0.1) is 0 Å². The zero-order chi connectivity index (χ0) is 18.6. The van der Waals surface area contributed by atoms with Crippen molar-refractivity contribution in [2.75, 3.05) is 18.8 Å². The van der Waals surface area contributed by atoms with Crippen molar-refractivity contribution < 1.29 is 13.2 Å². The Kier molecular flexibility index (Phi) is 5.79. The third kappa shape index (κ3) is 4.34. The molecule has 6 heteroatoms. The molecule has 0 aliphatic carbocycles. The van der Waals surface area contributed by atoms with E-state index >= 15 is 0 Å². The molecule has 26 heavy (non-hydrogen) atoms. The highest BCUT2D eigenvalue weighted by molar-refractivity contribution is 7.91. The molecular weight excluding hydrogens is 370 g/mol. The van der Waals surface area contributed by atoms with Crippen LogP contribution in [0, 0.1) is 0 Å². The first-order valence-corrected chi connectivity index (χ1v) is 10.5. The van der Waals surface area contributed by atoms with Crippen molar-refractivity contribution in [2.45, 2.75) is 11.7 Å². The van der Waals surface area contributed by atoms with Gasteiger partial charge in [0, 0.05) is 24.2 Å². The van der Waals surface area contributed by atoms with Gasteiger partial charge >= 0.3 is 0 Å². The number of amides is 1. The van der Waals surface area contributed by atoms with Gasteiger partial charge in [0.25, 0.3) is 0 Å². The van der Waals surface area contributed by atoms with Crippen molar-refractivity contribution in [1.82, 2.24) is 4.90 Å². The van der Waals surface area contributed by atoms with Gasteiger partial charge in [0.05, 0.1) is 11.0 Å². The molecule has 1 saturated heterocycles. The Bertz CT molecular complexity index is 910. The lowest BCUT2D eigenvalue weighted by Crippen LogP contribution is -2.32. The maximum absolute atomic E-state index is 12.6. The molecule has 0 spiro atoms. The number of rotatable bonds is 3. The van der Waals surface area contributed by atoms with Gasteiger partial charge in [0.2, 0.25) is 5.91 Å². The van der Waals surface area contributed by atoms with Crippen LogP contribution in [0.4, 0.5) is 0 Å². The Balaban J connectivity index is 1.73. The molecule has 0 aromatic heterocycles. The summed E-state index contributed by atoms with van der Waals surface area (Å²) in [6, 6.07) is 16.5. The maximum atomic E-state index is 12.6. The first-order chi connectivity index (χ1) is 12.5. The van der Waals surface area contributed by atoms with E-state index in [2.05, 4.69) is 0 Å². The summed E-state index contributed by atoms with van der Waals surface area (Å²) >= 11 is 6.09. The standard InChI is InChI=1S/C20H20ClNO3S/c21-18-9-5-4-6-16(18)10-11-20(23)22-13-12-19(26(24,25)15-14-22)17-7-2-1-3-8-17/h1-11,19H,12-15H2/b11-10+/t19-/m0/s1. The van der Waals surface area contributed by atoms with Gasteiger partial charge in [-0.25, -0.2) is 8.42 Å². The second-order valence-electron chi connectivity index (χ2n) is 6.24. The Morgan fingerprint density at radius 2 is 1.73 bits per heavy atom. The van der Waals surface area contributed by atoms with Crippen LogP contribution in [0.15, 0.2) is 60.7 Å². The molecule has 136 valence electrons. The average Bonchev–Trinajstić information content (AvgIpc) is 2.79. The van der Waals surface area contributed by atoms with Crippen molar-refractivity contribution >= 4 is 33.4 Å². The quantitative estimate of drug-likeness (QED) is 0.751. The fourth-order valence-electron chi connectivity index (χ4n) is 3.08. The molecule has 0 saturated carbocycles. The molecule has 1 aliphatic heterocycles. The molecule has 4 nitrogen and oxygen atoms in total. The van der Waals surface area contributed by atoms with Gasteiger partial charge < -0.3 is 4.90 Å². The third-order valence-corrected chi connectivity index (χ3v) is 7.00. The molecule has 0 N–H and O–H groups in total. The Labute approximate surface area is 159 Å². The molecule has 2 aromatic carbocycles. The van der Waals surface area contributed by atoms with E-state index in [4.69, 9.17) is 11.6 Å². The molecular formula is C20H20ClNO3S. The number of carbonyl (C=O) groups is 1. The van der Waals surface area contributed by atoms with E-state index in [0.29, 0.717) is 18.0 Å². The first kappa shape index (κ1) is 18.7. The lowest BCUT2D eigenvalue weighted by Gasteiger charge is -2.18. The van der Waals surface area contributed by atoms with Gasteiger partial charge in [-0.2, -0.15) is 0 Å².